The minimum absolute atomic E-state index is 0.00431. The normalized spacial score (nSPS) is 17.8. The first-order valence-corrected chi connectivity index (χ1v) is 11.6. The average molecular weight is 508 g/mol. The Bertz CT molecular complexity index is 1080. The van der Waals surface area contributed by atoms with Crippen molar-refractivity contribution in [2.45, 2.75) is 57.9 Å². The molecular formula is C26H32F3N3O4. The van der Waals surface area contributed by atoms with Crippen molar-refractivity contribution in [1.82, 2.24) is 15.5 Å². The molecule has 2 aromatic rings. The Hall–Kier alpha value is -3.27. The topological polar surface area (TPSA) is 90.9 Å². The molecule has 1 saturated heterocycles. The number of benzene rings is 2. The molecular weight excluding hydrogens is 475 g/mol. The number of carboxylic acids is 1. The summed E-state index contributed by atoms with van der Waals surface area (Å²) in [4.78, 5) is 23.5. The summed E-state index contributed by atoms with van der Waals surface area (Å²) >= 11 is 0. The van der Waals surface area contributed by atoms with Crippen LogP contribution in [0.25, 0.3) is 11.1 Å². The van der Waals surface area contributed by atoms with Crippen molar-refractivity contribution in [3.05, 3.63) is 53.6 Å². The maximum atomic E-state index is 12.7. The number of rotatable bonds is 3. The van der Waals surface area contributed by atoms with Crippen LogP contribution in [0.4, 0.5) is 18.0 Å². The van der Waals surface area contributed by atoms with Crippen molar-refractivity contribution in [1.29, 1.82) is 0 Å². The number of hydrogen-bond donors (Lipinski definition) is 3. The van der Waals surface area contributed by atoms with Gasteiger partial charge in [0.05, 0.1) is 6.61 Å². The van der Waals surface area contributed by atoms with Gasteiger partial charge in [-0.2, -0.15) is 13.2 Å². The molecule has 0 saturated carbocycles. The minimum Gasteiger partial charge on any atom is -0.493 e. The van der Waals surface area contributed by atoms with Gasteiger partial charge in [0.15, 0.2) is 0 Å². The van der Waals surface area contributed by atoms with Crippen LogP contribution in [-0.4, -0.2) is 59.0 Å². The molecule has 3 N–H and O–H groups in total. The van der Waals surface area contributed by atoms with E-state index < -0.39 is 12.1 Å². The van der Waals surface area contributed by atoms with Gasteiger partial charge >= 0.3 is 18.2 Å². The van der Waals surface area contributed by atoms with Gasteiger partial charge in [-0.25, -0.2) is 9.59 Å². The fourth-order valence-corrected chi connectivity index (χ4v) is 4.62. The van der Waals surface area contributed by atoms with Crippen LogP contribution in [0.3, 0.4) is 0 Å². The summed E-state index contributed by atoms with van der Waals surface area (Å²) in [6.45, 7) is 11.2. The molecule has 0 aliphatic carbocycles. The summed E-state index contributed by atoms with van der Waals surface area (Å²) in [5, 5.41) is 13.8. The van der Waals surface area contributed by atoms with Crippen molar-refractivity contribution in [2.75, 3.05) is 19.7 Å². The maximum absolute atomic E-state index is 12.7. The molecule has 0 unspecified atom stereocenters. The molecule has 2 aromatic carbocycles. The molecule has 2 aliphatic heterocycles. The lowest BCUT2D eigenvalue weighted by Crippen LogP contribution is -2.68. The number of fused-ring (bicyclic) bond motifs is 1. The molecule has 0 radical (unpaired) electrons. The molecule has 0 aromatic heterocycles. The Labute approximate surface area is 208 Å². The van der Waals surface area contributed by atoms with Gasteiger partial charge in [-0.3, -0.25) is 0 Å². The molecule has 4 rings (SSSR count). The monoisotopic (exact) mass is 507 g/mol. The number of nitrogens with one attached hydrogen (secondary N) is 2. The highest BCUT2D eigenvalue weighted by molar-refractivity contribution is 5.75. The number of urea groups is 1. The summed E-state index contributed by atoms with van der Waals surface area (Å²) < 4.78 is 37.3. The standard InChI is InChI=1S/C24H31N3O2.C2HF3O2/c1-23(2)15-27(16-24(3,4)26-23)22(28)25-14-17-5-7-18(8-6-17)19-9-10-21-20(13-19)11-12-29-21;3-2(4,5)1(6)7/h5-10,13,26H,11-12,14-16H2,1-4H3,(H,25,28);(H,6,7). The SMILES string of the molecule is CC1(C)CN(C(=O)NCc2ccc(-c3ccc4c(c3)CCO4)cc2)CC(C)(C)N1.O=C(O)C(F)(F)F. The first-order valence-electron chi connectivity index (χ1n) is 11.6. The third-order valence-electron chi connectivity index (χ3n) is 5.80. The Kier molecular flexibility index (Phi) is 7.88. The number of piperazine rings is 1. The number of carbonyl (C=O) groups excluding carboxylic acids is 1. The average Bonchev–Trinajstić information content (AvgIpc) is 3.23. The van der Waals surface area contributed by atoms with E-state index in [9.17, 15) is 18.0 Å². The predicted molar refractivity (Wildman–Crippen MR) is 130 cm³/mol. The van der Waals surface area contributed by atoms with Crippen LogP contribution in [-0.2, 0) is 17.8 Å². The fraction of sp³-hybridized carbons (Fsp3) is 0.462. The van der Waals surface area contributed by atoms with E-state index in [2.05, 4.69) is 80.8 Å². The fourth-order valence-electron chi connectivity index (χ4n) is 4.62. The molecule has 1 fully saturated rings. The number of carboxylic acid groups (broad SMARTS) is 1. The second-order valence-corrected chi connectivity index (χ2v) is 10.3. The smallest absolute Gasteiger partial charge is 0.490 e. The van der Waals surface area contributed by atoms with E-state index >= 15 is 0 Å². The molecule has 10 heteroatoms. The number of alkyl halides is 3. The van der Waals surface area contributed by atoms with Crippen LogP contribution >= 0.6 is 0 Å². The lowest BCUT2D eigenvalue weighted by atomic mass is 9.92. The summed E-state index contributed by atoms with van der Waals surface area (Å²) in [5.74, 6) is -1.75. The van der Waals surface area contributed by atoms with Gasteiger partial charge in [-0.15, -0.1) is 0 Å². The van der Waals surface area contributed by atoms with Gasteiger partial charge in [-0.1, -0.05) is 30.3 Å². The lowest BCUT2D eigenvalue weighted by Gasteiger charge is -2.48. The number of ether oxygens (including phenoxy) is 1. The van der Waals surface area contributed by atoms with Gasteiger partial charge in [0, 0.05) is 37.1 Å². The van der Waals surface area contributed by atoms with E-state index in [1.165, 1.54) is 16.7 Å². The van der Waals surface area contributed by atoms with Crippen molar-refractivity contribution in [2.24, 2.45) is 0 Å². The summed E-state index contributed by atoms with van der Waals surface area (Å²) in [7, 11) is 0. The van der Waals surface area contributed by atoms with Gasteiger partial charge in [0.25, 0.3) is 0 Å². The van der Waals surface area contributed by atoms with Crippen LogP contribution in [0.15, 0.2) is 42.5 Å². The molecule has 0 atom stereocenters. The molecule has 2 heterocycles. The van der Waals surface area contributed by atoms with Crippen LogP contribution in [0.5, 0.6) is 5.75 Å². The van der Waals surface area contributed by atoms with Crippen LogP contribution in [0.2, 0.25) is 0 Å². The highest BCUT2D eigenvalue weighted by Crippen LogP contribution is 2.30. The zero-order chi connectivity index (χ0) is 26.7. The molecule has 7 nitrogen and oxygen atoms in total. The zero-order valence-corrected chi connectivity index (χ0v) is 20.8. The van der Waals surface area contributed by atoms with Gasteiger partial charge in [0.1, 0.15) is 5.75 Å². The molecule has 2 aliphatic rings. The van der Waals surface area contributed by atoms with E-state index in [-0.39, 0.29) is 17.1 Å². The van der Waals surface area contributed by atoms with Gasteiger partial charge in [0.2, 0.25) is 0 Å². The summed E-state index contributed by atoms with van der Waals surface area (Å²) in [6, 6.07) is 14.8. The number of aliphatic carboxylic acids is 1. The first-order chi connectivity index (χ1) is 16.7. The maximum Gasteiger partial charge on any atom is 0.490 e. The van der Waals surface area contributed by atoms with E-state index in [0.717, 1.165) is 24.3 Å². The molecule has 0 spiro atoms. The van der Waals surface area contributed by atoms with Crippen LogP contribution in [0, 0.1) is 0 Å². The summed E-state index contributed by atoms with van der Waals surface area (Å²) in [6.07, 6.45) is -4.10. The van der Waals surface area contributed by atoms with Gasteiger partial charge < -0.3 is 25.4 Å². The predicted octanol–water partition coefficient (Wildman–Crippen LogP) is 4.59. The third kappa shape index (κ3) is 7.36. The quantitative estimate of drug-likeness (QED) is 0.565. The highest BCUT2D eigenvalue weighted by atomic mass is 19.4. The number of amides is 2. The Morgan fingerprint density at radius 1 is 1.03 bits per heavy atom. The van der Waals surface area contributed by atoms with E-state index in [1.807, 2.05) is 4.90 Å². The Morgan fingerprint density at radius 2 is 1.58 bits per heavy atom. The molecule has 196 valence electrons. The molecule has 36 heavy (non-hydrogen) atoms. The number of halogens is 3. The van der Waals surface area contributed by atoms with Crippen molar-refractivity contribution >= 4 is 12.0 Å². The molecule has 2 amide bonds. The zero-order valence-electron chi connectivity index (χ0n) is 20.8. The van der Waals surface area contributed by atoms with Crippen molar-refractivity contribution in [3.8, 4) is 16.9 Å². The van der Waals surface area contributed by atoms with E-state index in [1.54, 1.807) is 0 Å². The lowest BCUT2D eigenvalue weighted by molar-refractivity contribution is -0.192. The van der Waals surface area contributed by atoms with Crippen LogP contribution < -0.4 is 15.4 Å². The number of nitrogens with zero attached hydrogens (tertiary/aromatic N) is 1. The van der Waals surface area contributed by atoms with Crippen molar-refractivity contribution in [3.63, 3.8) is 0 Å². The van der Waals surface area contributed by atoms with Gasteiger partial charge in [-0.05, 0) is 62.1 Å². The minimum atomic E-state index is -5.08. The highest BCUT2D eigenvalue weighted by Gasteiger charge is 2.39. The second-order valence-electron chi connectivity index (χ2n) is 10.3. The van der Waals surface area contributed by atoms with E-state index in [0.29, 0.717) is 19.6 Å². The Balaban J connectivity index is 0.000000454. The number of hydrogen-bond acceptors (Lipinski definition) is 4. The van der Waals surface area contributed by atoms with E-state index in [4.69, 9.17) is 14.6 Å². The first kappa shape index (κ1) is 27.3. The largest absolute Gasteiger partial charge is 0.493 e. The Morgan fingerprint density at radius 3 is 2.14 bits per heavy atom. The van der Waals surface area contributed by atoms with Crippen LogP contribution in [0.1, 0.15) is 38.8 Å². The molecule has 0 bridgehead atoms. The van der Waals surface area contributed by atoms with Crippen molar-refractivity contribution < 1.29 is 32.6 Å². The summed E-state index contributed by atoms with van der Waals surface area (Å²) in [5.41, 5.74) is 4.57. The second kappa shape index (κ2) is 10.4. The third-order valence-corrected chi connectivity index (χ3v) is 5.80. The number of carbonyl (C=O) groups is 2.